The molecule has 0 aromatic heterocycles. The van der Waals surface area contributed by atoms with Crippen LogP contribution in [0.4, 0.5) is 0 Å². The van der Waals surface area contributed by atoms with Gasteiger partial charge in [-0.15, -0.1) is 0 Å². The zero-order valence-electron chi connectivity index (χ0n) is 21.8. The molecule has 36 heavy (non-hydrogen) atoms. The van der Waals surface area contributed by atoms with Crippen molar-refractivity contribution in [2.45, 2.75) is 38.3 Å². The second kappa shape index (κ2) is 14.6. The summed E-state index contributed by atoms with van der Waals surface area (Å²) < 4.78 is 0. The van der Waals surface area contributed by atoms with Gasteiger partial charge in [0.2, 0.25) is 17.7 Å². The highest BCUT2D eigenvalue weighted by molar-refractivity contribution is 5.76. The van der Waals surface area contributed by atoms with Crippen molar-refractivity contribution in [3.8, 4) is 0 Å². The van der Waals surface area contributed by atoms with E-state index in [2.05, 4.69) is 28.9 Å². The number of hydrogen-bond acceptors (Lipinski definition) is 9. The number of amides is 3. The molecule has 12 nitrogen and oxygen atoms in total. The summed E-state index contributed by atoms with van der Waals surface area (Å²) in [6.45, 7) is 8.04. The van der Waals surface area contributed by atoms with Crippen LogP contribution in [0.15, 0.2) is 12.2 Å². The Morgan fingerprint density at radius 2 is 1.42 bits per heavy atom. The van der Waals surface area contributed by atoms with Gasteiger partial charge in [-0.25, -0.2) is 0 Å². The molecule has 1 fully saturated rings. The zero-order valence-corrected chi connectivity index (χ0v) is 21.8. The van der Waals surface area contributed by atoms with Crippen LogP contribution in [0.3, 0.4) is 0 Å². The molecule has 3 amide bonds. The van der Waals surface area contributed by atoms with Gasteiger partial charge in [0.15, 0.2) is 0 Å². The van der Waals surface area contributed by atoms with Crippen LogP contribution in [0.25, 0.3) is 0 Å². The van der Waals surface area contributed by atoms with E-state index in [-0.39, 0.29) is 37.1 Å². The molecule has 2 rings (SSSR count). The van der Waals surface area contributed by atoms with E-state index in [1.807, 2.05) is 9.80 Å². The minimum Gasteiger partial charge on any atom is -0.369 e. The summed E-state index contributed by atoms with van der Waals surface area (Å²) in [7, 11) is 0. The zero-order chi connectivity index (χ0) is 26.7. The van der Waals surface area contributed by atoms with Gasteiger partial charge in [0.05, 0.1) is 19.6 Å². The van der Waals surface area contributed by atoms with Gasteiger partial charge in [-0.05, 0) is 24.7 Å². The van der Waals surface area contributed by atoms with Gasteiger partial charge in [-0.1, -0.05) is 19.1 Å². The van der Waals surface area contributed by atoms with E-state index < -0.39 is 17.7 Å². The van der Waals surface area contributed by atoms with Crippen LogP contribution in [0.2, 0.25) is 0 Å². The Hall–Kier alpha value is -2.09. The highest BCUT2D eigenvalue weighted by atomic mass is 16.2. The number of nitrogens with zero attached hydrogens (tertiary/aromatic N) is 4. The molecule has 12 heteroatoms. The molecule has 1 heterocycles. The van der Waals surface area contributed by atoms with Gasteiger partial charge in [-0.3, -0.25) is 34.0 Å². The molecule has 0 saturated carbocycles. The standard InChI is InChI=1S/C24H47N9O3/c1-24(4-2-19(26)3-5-24)14-20-15-32(17-22(28)35)11-10-31(16-21(27)34)9-8-30(7-6-25)12-13-33(20)18-23(29)36/h2,4,19-20H,3,5-18,25-26H2,1H3,(H2,27,34)(H2,28,35)(H2,29,36). The van der Waals surface area contributed by atoms with Gasteiger partial charge in [0.25, 0.3) is 0 Å². The fourth-order valence-corrected chi connectivity index (χ4v) is 5.24. The lowest BCUT2D eigenvalue weighted by Gasteiger charge is -2.42. The van der Waals surface area contributed by atoms with Crippen molar-refractivity contribution < 1.29 is 14.4 Å². The number of hydrogen-bond donors (Lipinski definition) is 5. The molecule has 0 aromatic carbocycles. The van der Waals surface area contributed by atoms with Gasteiger partial charge in [0.1, 0.15) is 0 Å². The van der Waals surface area contributed by atoms with Crippen molar-refractivity contribution >= 4 is 17.7 Å². The largest absolute Gasteiger partial charge is 0.369 e. The first-order valence-electron chi connectivity index (χ1n) is 12.9. The normalized spacial score (nSPS) is 28.3. The fraction of sp³-hybridized carbons (Fsp3) is 0.792. The van der Waals surface area contributed by atoms with Crippen LogP contribution < -0.4 is 28.7 Å². The maximum atomic E-state index is 12.1. The van der Waals surface area contributed by atoms with Crippen LogP contribution in [-0.4, -0.2) is 128 Å². The summed E-state index contributed by atoms with van der Waals surface area (Å²) in [6, 6.07) is 0.00749. The molecule has 1 saturated heterocycles. The SMILES string of the molecule is CC1(CC2CN(CC(N)=O)CCN(CC(N)=O)CCN(CCN)CCN2CC(N)=O)C=CC(N)CC1. The van der Waals surface area contributed by atoms with Crippen molar-refractivity contribution in [1.29, 1.82) is 0 Å². The van der Waals surface area contributed by atoms with Crippen molar-refractivity contribution in [3.63, 3.8) is 0 Å². The Bertz CT molecular complexity index is 765. The minimum atomic E-state index is -0.424. The van der Waals surface area contributed by atoms with Crippen LogP contribution >= 0.6 is 0 Å². The van der Waals surface area contributed by atoms with E-state index in [0.29, 0.717) is 58.9 Å². The predicted octanol–water partition coefficient (Wildman–Crippen LogP) is -2.94. The lowest BCUT2D eigenvalue weighted by Crippen LogP contribution is -2.54. The number of carbonyl (C=O) groups excluding carboxylic acids is 3. The maximum absolute atomic E-state index is 12.1. The van der Waals surface area contributed by atoms with Crippen LogP contribution in [-0.2, 0) is 14.4 Å². The highest BCUT2D eigenvalue weighted by Crippen LogP contribution is 2.36. The average Bonchev–Trinajstić information content (AvgIpc) is 2.78. The summed E-state index contributed by atoms with van der Waals surface area (Å²) in [5.74, 6) is -1.21. The Kier molecular flexibility index (Phi) is 12.2. The van der Waals surface area contributed by atoms with E-state index >= 15 is 0 Å². The molecule has 0 spiro atoms. The molecule has 0 bridgehead atoms. The number of nitrogens with two attached hydrogens (primary N) is 5. The summed E-state index contributed by atoms with van der Waals surface area (Å²) in [4.78, 5) is 44.1. The molecule has 3 unspecified atom stereocenters. The average molecular weight is 510 g/mol. The third-order valence-corrected chi connectivity index (χ3v) is 7.21. The van der Waals surface area contributed by atoms with E-state index in [1.165, 1.54) is 0 Å². The molecular weight excluding hydrogens is 462 g/mol. The molecule has 3 atom stereocenters. The molecule has 0 aromatic rings. The van der Waals surface area contributed by atoms with Gasteiger partial charge >= 0.3 is 0 Å². The van der Waals surface area contributed by atoms with Crippen LogP contribution in [0.5, 0.6) is 0 Å². The lowest BCUT2D eigenvalue weighted by molar-refractivity contribution is -0.122. The Morgan fingerprint density at radius 1 is 0.861 bits per heavy atom. The topological polar surface area (TPSA) is 194 Å². The summed E-state index contributed by atoms with van der Waals surface area (Å²) >= 11 is 0. The Balaban J connectivity index is 2.36. The molecule has 1 aliphatic heterocycles. The number of rotatable bonds is 10. The van der Waals surface area contributed by atoms with Gasteiger partial charge < -0.3 is 28.7 Å². The van der Waals surface area contributed by atoms with Crippen molar-refractivity contribution in [1.82, 2.24) is 19.6 Å². The first kappa shape index (κ1) is 30.1. The van der Waals surface area contributed by atoms with Crippen molar-refractivity contribution in [2.75, 3.05) is 78.5 Å². The summed E-state index contributed by atoms with van der Waals surface area (Å²) in [6.07, 6.45) is 6.86. The summed E-state index contributed by atoms with van der Waals surface area (Å²) in [5, 5.41) is 0. The van der Waals surface area contributed by atoms with Crippen molar-refractivity contribution in [2.24, 2.45) is 34.1 Å². The van der Waals surface area contributed by atoms with E-state index in [4.69, 9.17) is 28.7 Å². The highest BCUT2D eigenvalue weighted by Gasteiger charge is 2.33. The second-order valence-electron chi connectivity index (χ2n) is 10.6. The van der Waals surface area contributed by atoms with E-state index in [0.717, 1.165) is 19.3 Å². The molecular formula is C24H47N9O3. The third-order valence-electron chi connectivity index (χ3n) is 7.21. The first-order chi connectivity index (χ1) is 17.0. The van der Waals surface area contributed by atoms with Crippen LogP contribution in [0.1, 0.15) is 26.2 Å². The molecule has 10 N–H and O–H groups in total. The maximum Gasteiger partial charge on any atom is 0.231 e. The monoisotopic (exact) mass is 509 g/mol. The Labute approximate surface area is 215 Å². The van der Waals surface area contributed by atoms with E-state index in [1.54, 1.807) is 0 Å². The molecule has 1 aliphatic carbocycles. The third kappa shape index (κ3) is 10.9. The quantitative estimate of drug-likeness (QED) is 0.192. The predicted molar refractivity (Wildman–Crippen MR) is 140 cm³/mol. The van der Waals surface area contributed by atoms with Gasteiger partial charge in [-0.2, -0.15) is 0 Å². The molecule has 2 aliphatic rings. The van der Waals surface area contributed by atoms with Crippen molar-refractivity contribution in [3.05, 3.63) is 12.2 Å². The number of carbonyl (C=O) groups is 3. The number of allylic oxidation sites excluding steroid dienone is 1. The van der Waals surface area contributed by atoms with E-state index in [9.17, 15) is 14.4 Å². The smallest absolute Gasteiger partial charge is 0.231 e. The lowest BCUT2D eigenvalue weighted by atomic mass is 9.74. The van der Waals surface area contributed by atoms with Crippen LogP contribution in [0, 0.1) is 5.41 Å². The minimum absolute atomic E-state index is 0.0513. The molecule has 0 radical (unpaired) electrons. The molecule has 206 valence electrons. The second-order valence-corrected chi connectivity index (χ2v) is 10.6. The first-order valence-corrected chi connectivity index (χ1v) is 12.9. The summed E-state index contributed by atoms with van der Waals surface area (Å²) in [5.41, 5.74) is 28.6. The number of primary amides is 3. The Morgan fingerprint density at radius 3 is 1.97 bits per heavy atom. The fourth-order valence-electron chi connectivity index (χ4n) is 5.24. The van der Waals surface area contributed by atoms with Gasteiger partial charge in [0, 0.05) is 71.0 Å².